The second kappa shape index (κ2) is 10.9. The normalized spacial score (nSPS) is 19.6. The minimum Gasteiger partial charge on any atom is -0.463 e. The fraction of sp³-hybridized carbons (Fsp3) is 0.462. The Morgan fingerprint density at radius 1 is 1.17 bits per heavy atom. The molecule has 2 fully saturated rings. The number of hydrogen-bond acceptors (Lipinski definition) is 5. The molecule has 2 aliphatic rings. The van der Waals surface area contributed by atoms with Gasteiger partial charge < -0.3 is 30.0 Å². The van der Waals surface area contributed by atoms with Gasteiger partial charge in [0.1, 0.15) is 6.61 Å². The van der Waals surface area contributed by atoms with Crippen LogP contribution in [0.2, 0.25) is 0 Å². The number of carbonyl (C=O) groups excluding carboxylic acids is 2. The number of likely N-dealkylation sites (tertiary alicyclic amines) is 1. The Balaban J connectivity index is 1.33. The number of hydrogen-bond donors (Lipinski definition) is 4. The van der Waals surface area contributed by atoms with Gasteiger partial charge >= 0.3 is 12.0 Å². The lowest BCUT2D eigenvalue weighted by Crippen LogP contribution is -2.46. The third-order valence-corrected chi connectivity index (χ3v) is 6.05. The second-order valence-electron chi connectivity index (χ2n) is 10.1. The number of esters is 1. The van der Waals surface area contributed by atoms with Crippen LogP contribution in [-0.2, 0) is 14.3 Å². The Labute approximate surface area is 211 Å². The number of ether oxygens (including phenoxy) is 2. The summed E-state index contributed by atoms with van der Waals surface area (Å²) in [5, 5.41) is 14.0. The number of anilines is 1. The van der Waals surface area contributed by atoms with E-state index in [1.165, 1.54) is 0 Å². The number of nitrogens with zero attached hydrogens (tertiary/aromatic N) is 2. The smallest absolute Gasteiger partial charge is 0.319 e. The quantitative estimate of drug-likeness (QED) is 0.212. The summed E-state index contributed by atoms with van der Waals surface area (Å²) in [6, 6.07) is 10.4. The number of aliphatic imine (C=N–C) groups is 1. The van der Waals surface area contributed by atoms with Crippen molar-refractivity contribution in [2.45, 2.75) is 45.8 Å². The number of carbonyl (C=O) groups is 2. The zero-order valence-electron chi connectivity index (χ0n) is 21.0. The van der Waals surface area contributed by atoms with Crippen molar-refractivity contribution in [3.8, 4) is 0 Å². The molecule has 192 valence electrons. The standard InChI is InChI=1S/C26H34N6O4/c1-26(2,3)24(33)35-14-13-29-25(34)30-18-8-6-17(7-9-18)22(27)31-23(21-5-4-12-28-21)32-15-19-10-11-20(16-32)36-19/h4-9,12,19-20,27-28H,10-11,13-16H2,1-3H3,(H2,29,30,34)/t19-,20-/m0/s1. The highest BCUT2D eigenvalue weighted by atomic mass is 16.5. The summed E-state index contributed by atoms with van der Waals surface area (Å²) in [5.41, 5.74) is 1.50. The number of urea groups is 1. The van der Waals surface area contributed by atoms with Crippen LogP contribution in [0.25, 0.3) is 0 Å². The van der Waals surface area contributed by atoms with Gasteiger partial charge in [-0.05, 0) is 70.0 Å². The van der Waals surface area contributed by atoms with Gasteiger partial charge in [0.25, 0.3) is 0 Å². The number of H-pyrrole nitrogens is 1. The van der Waals surface area contributed by atoms with Crippen molar-refractivity contribution in [1.29, 1.82) is 5.41 Å². The predicted molar refractivity (Wildman–Crippen MR) is 138 cm³/mol. The summed E-state index contributed by atoms with van der Waals surface area (Å²) in [7, 11) is 0. The summed E-state index contributed by atoms with van der Waals surface area (Å²) < 4.78 is 11.1. The Morgan fingerprint density at radius 2 is 1.86 bits per heavy atom. The van der Waals surface area contributed by atoms with Crippen molar-refractivity contribution < 1.29 is 19.1 Å². The molecule has 10 heteroatoms. The number of aromatic amines is 1. The maximum atomic E-state index is 12.1. The van der Waals surface area contributed by atoms with Crippen molar-refractivity contribution in [3.63, 3.8) is 0 Å². The molecule has 0 saturated carbocycles. The molecule has 0 radical (unpaired) electrons. The molecule has 4 N–H and O–H groups in total. The monoisotopic (exact) mass is 494 g/mol. The molecule has 1 aromatic carbocycles. The van der Waals surface area contributed by atoms with Crippen molar-refractivity contribution in [1.82, 2.24) is 15.2 Å². The van der Waals surface area contributed by atoms with Gasteiger partial charge in [-0.2, -0.15) is 0 Å². The third-order valence-electron chi connectivity index (χ3n) is 6.05. The van der Waals surface area contributed by atoms with E-state index in [0.717, 1.165) is 37.5 Å². The number of benzene rings is 1. The van der Waals surface area contributed by atoms with Crippen LogP contribution < -0.4 is 10.6 Å². The van der Waals surface area contributed by atoms with Crippen LogP contribution in [0.15, 0.2) is 47.6 Å². The van der Waals surface area contributed by atoms with Crippen LogP contribution in [-0.4, -0.2) is 72.0 Å². The Bertz CT molecular complexity index is 1090. The van der Waals surface area contributed by atoms with E-state index in [0.29, 0.717) is 11.3 Å². The molecule has 1 aromatic heterocycles. The molecule has 2 amide bonds. The first-order valence-electron chi connectivity index (χ1n) is 12.2. The average Bonchev–Trinajstić information content (AvgIpc) is 3.49. The lowest BCUT2D eigenvalue weighted by molar-refractivity contribution is -0.152. The minimum atomic E-state index is -0.578. The molecule has 0 aliphatic carbocycles. The number of nitrogens with one attached hydrogen (secondary N) is 4. The van der Waals surface area contributed by atoms with Crippen LogP contribution >= 0.6 is 0 Å². The van der Waals surface area contributed by atoms with E-state index in [9.17, 15) is 9.59 Å². The molecule has 36 heavy (non-hydrogen) atoms. The molecule has 2 aromatic rings. The number of amidine groups is 2. The molecular formula is C26H34N6O4. The highest BCUT2D eigenvalue weighted by molar-refractivity contribution is 6.09. The van der Waals surface area contributed by atoms with E-state index in [2.05, 4.69) is 25.5 Å². The van der Waals surface area contributed by atoms with Gasteiger partial charge in [0, 0.05) is 30.5 Å². The number of rotatable bonds is 6. The number of aromatic nitrogens is 1. The van der Waals surface area contributed by atoms with Crippen LogP contribution in [0.1, 0.15) is 44.9 Å². The fourth-order valence-electron chi connectivity index (χ4n) is 4.14. The van der Waals surface area contributed by atoms with Gasteiger partial charge in [-0.3, -0.25) is 10.2 Å². The van der Waals surface area contributed by atoms with Crippen molar-refractivity contribution in [2.75, 3.05) is 31.6 Å². The Hall–Kier alpha value is -3.66. The molecule has 0 spiro atoms. The molecule has 2 saturated heterocycles. The van der Waals surface area contributed by atoms with E-state index < -0.39 is 11.4 Å². The molecular weight excluding hydrogens is 460 g/mol. The van der Waals surface area contributed by atoms with Crippen LogP contribution in [0.3, 0.4) is 0 Å². The predicted octanol–water partition coefficient (Wildman–Crippen LogP) is 3.36. The minimum absolute atomic E-state index is 0.103. The van der Waals surface area contributed by atoms with Crippen LogP contribution in [0, 0.1) is 10.8 Å². The van der Waals surface area contributed by atoms with Crippen molar-refractivity contribution in [2.24, 2.45) is 10.4 Å². The SMILES string of the molecule is CC(C)(C)C(=O)OCCNC(=O)Nc1ccc(C(=N)N=C(c2ccc[nH]2)N2C[C@@H]3CC[C@@H](C2)O3)cc1. The lowest BCUT2D eigenvalue weighted by Gasteiger charge is -2.34. The highest BCUT2D eigenvalue weighted by Gasteiger charge is 2.35. The van der Waals surface area contributed by atoms with E-state index in [-0.39, 0.29) is 37.2 Å². The Kier molecular flexibility index (Phi) is 7.73. The van der Waals surface area contributed by atoms with Crippen molar-refractivity contribution in [3.05, 3.63) is 53.9 Å². The number of amides is 2. The average molecular weight is 495 g/mol. The second-order valence-corrected chi connectivity index (χ2v) is 10.1. The third kappa shape index (κ3) is 6.51. The zero-order chi connectivity index (χ0) is 25.7. The largest absolute Gasteiger partial charge is 0.463 e. The van der Waals surface area contributed by atoms with E-state index >= 15 is 0 Å². The highest BCUT2D eigenvalue weighted by Crippen LogP contribution is 2.27. The van der Waals surface area contributed by atoms with Gasteiger partial charge in [-0.25, -0.2) is 9.79 Å². The summed E-state index contributed by atoms with van der Waals surface area (Å²) in [5.74, 6) is 0.555. The van der Waals surface area contributed by atoms with E-state index in [4.69, 9.17) is 14.9 Å². The molecule has 2 aliphatic heterocycles. The molecule has 10 nitrogen and oxygen atoms in total. The van der Waals surface area contributed by atoms with Gasteiger partial charge in [0.05, 0.1) is 29.9 Å². The summed E-state index contributed by atoms with van der Waals surface area (Å²) in [6.45, 7) is 7.15. The van der Waals surface area contributed by atoms with Crippen molar-refractivity contribution >= 4 is 29.4 Å². The Morgan fingerprint density at radius 3 is 2.47 bits per heavy atom. The lowest BCUT2D eigenvalue weighted by atomic mass is 9.97. The van der Waals surface area contributed by atoms with Gasteiger partial charge in [0.2, 0.25) is 0 Å². The first-order chi connectivity index (χ1) is 17.2. The maximum Gasteiger partial charge on any atom is 0.319 e. The van der Waals surface area contributed by atoms with E-state index in [1.54, 1.807) is 45.0 Å². The zero-order valence-corrected chi connectivity index (χ0v) is 21.0. The fourth-order valence-corrected chi connectivity index (χ4v) is 4.14. The molecule has 0 unspecified atom stereocenters. The van der Waals surface area contributed by atoms with Crippen LogP contribution in [0.4, 0.5) is 10.5 Å². The molecule has 4 rings (SSSR count). The maximum absolute atomic E-state index is 12.1. The molecule has 3 heterocycles. The topological polar surface area (TPSA) is 132 Å². The summed E-state index contributed by atoms with van der Waals surface area (Å²) in [6.07, 6.45) is 4.38. The van der Waals surface area contributed by atoms with Gasteiger partial charge in [0.15, 0.2) is 11.7 Å². The van der Waals surface area contributed by atoms with Gasteiger partial charge in [-0.1, -0.05) is 0 Å². The number of fused-ring (bicyclic) bond motifs is 2. The summed E-state index contributed by atoms with van der Waals surface area (Å²) in [4.78, 5) is 34.0. The van der Waals surface area contributed by atoms with Gasteiger partial charge in [-0.15, -0.1) is 0 Å². The first kappa shape index (κ1) is 25.4. The molecule has 2 atom stereocenters. The summed E-state index contributed by atoms with van der Waals surface area (Å²) >= 11 is 0. The first-order valence-corrected chi connectivity index (χ1v) is 12.2. The number of morpholine rings is 1. The molecule has 2 bridgehead atoms. The van der Waals surface area contributed by atoms with E-state index in [1.807, 2.05) is 18.3 Å². The van der Waals surface area contributed by atoms with Crippen LogP contribution in [0.5, 0.6) is 0 Å².